The molecule has 0 atom stereocenters. The summed E-state index contributed by atoms with van der Waals surface area (Å²) in [7, 11) is 0. The molecule has 106 valence electrons. The van der Waals surface area contributed by atoms with Crippen molar-refractivity contribution in [1.82, 2.24) is 19.9 Å². The van der Waals surface area contributed by atoms with E-state index in [1.807, 2.05) is 12.3 Å². The van der Waals surface area contributed by atoms with Gasteiger partial charge in [0.05, 0.1) is 10.9 Å². The molecule has 2 aromatic rings. The molecule has 1 N–H and O–H groups in total. The third-order valence-electron chi connectivity index (χ3n) is 3.57. The Morgan fingerprint density at radius 2 is 2.15 bits per heavy atom. The van der Waals surface area contributed by atoms with E-state index in [-0.39, 0.29) is 5.56 Å². The Kier molecular flexibility index (Phi) is 3.64. The van der Waals surface area contributed by atoms with Crippen LogP contribution in [0.1, 0.15) is 13.3 Å². The lowest BCUT2D eigenvalue weighted by atomic mass is 10.3. The number of aromatic nitrogens is 3. The maximum Gasteiger partial charge on any atom is 0.261 e. The van der Waals surface area contributed by atoms with Crippen LogP contribution in [0.15, 0.2) is 23.3 Å². The fraction of sp³-hybridized carbons (Fsp3) is 0.500. The van der Waals surface area contributed by atoms with Crippen LogP contribution >= 0.6 is 0 Å². The molecular weight excluding hydrogens is 254 g/mol. The van der Waals surface area contributed by atoms with Gasteiger partial charge in [-0.3, -0.25) is 4.79 Å². The molecule has 1 aliphatic heterocycles. The first-order valence-electron chi connectivity index (χ1n) is 7.11. The maximum atomic E-state index is 12.3. The lowest BCUT2D eigenvalue weighted by molar-refractivity contribution is 0.580. The Morgan fingerprint density at radius 1 is 1.35 bits per heavy atom. The summed E-state index contributed by atoms with van der Waals surface area (Å²) in [5.41, 5.74) is 0.724. The summed E-state index contributed by atoms with van der Waals surface area (Å²) in [5, 5.41) is 3.90. The molecule has 0 radical (unpaired) electrons. The minimum absolute atomic E-state index is 0.00351. The number of anilines is 1. The van der Waals surface area contributed by atoms with E-state index in [2.05, 4.69) is 27.1 Å². The van der Waals surface area contributed by atoms with E-state index in [1.165, 1.54) is 0 Å². The number of aryl methyl sites for hydroxylation is 1. The number of hydrogen-bond donors (Lipinski definition) is 1. The van der Waals surface area contributed by atoms with Crippen LogP contribution in [0, 0.1) is 0 Å². The normalized spacial score (nSPS) is 15.8. The second-order valence-corrected chi connectivity index (χ2v) is 5.02. The number of hydrogen-bond acceptors (Lipinski definition) is 5. The van der Waals surface area contributed by atoms with Crippen molar-refractivity contribution < 1.29 is 0 Å². The molecule has 20 heavy (non-hydrogen) atoms. The summed E-state index contributed by atoms with van der Waals surface area (Å²) < 4.78 is 1.72. The zero-order chi connectivity index (χ0) is 13.9. The number of pyridine rings is 1. The topological polar surface area (TPSA) is 63.1 Å². The monoisotopic (exact) mass is 273 g/mol. The van der Waals surface area contributed by atoms with Crippen LogP contribution in [-0.2, 0) is 6.54 Å². The quantitative estimate of drug-likeness (QED) is 0.888. The molecule has 2 aromatic heterocycles. The molecule has 6 heteroatoms. The molecule has 0 spiro atoms. The molecule has 1 saturated heterocycles. The first-order chi connectivity index (χ1) is 9.79. The van der Waals surface area contributed by atoms with Crippen molar-refractivity contribution in [3.63, 3.8) is 0 Å². The molecule has 3 rings (SSSR count). The molecule has 1 fully saturated rings. The van der Waals surface area contributed by atoms with Crippen molar-refractivity contribution in [1.29, 1.82) is 0 Å². The fourth-order valence-electron chi connectivity index (χ4n) is 2.49. The zero-order valence-corrected chi connectivity index (χ0v) is 11.7. The molecule has 0 saturated carbocycles. The summed E-state index contributed by atoms with van der Waals surface area (Å²) in [4.78, 5) is 23.3. The minimum Gasteiger partial charge on any atom is -0.338 e. The van der Waals surface area contributed by atoms with Crippen molar-refractivity contribution >= 4 is 16.9 Å². The number of piperazine rings is 1. The molecule has 0 unspecified atom stereocenters. The minimum atomic E-state index is -0.00351. The van der Waals surface area contributed by atoms with E-state index < -0.39 is 0 Å². The molecule has 0 amide bonds. The van der Waals surface area contributed by atoms with E-state index in [4.69, 9.17) is 0 Å². The Labute approximate surface area is 117 Å². The van der Waals surface area contributed by atoms with Gasteiger partial charge >= 0.3 is 0 Å². The maximum absolute atomic E-state index is 12.3. The second-order valence-electron chi connectivity index (χ2n) is 5.02. The summed E-state index contributed by atoms with van der Waals surface area (Å²) in [6.45, 7) is 6.48. The lowest BCUT2D eigenvalue weighted by Crippen LogP contribution is -2.44. The molecule has 6 nitrogen and oxygen atoms in total. The highest BCUT2D eigenvalue weighted by atomic mass is 16.1. The predicted molar refractivity (Wildman–Crippen MR) is 79.2 cm³/mol. The Balaban J connectivity index is 1.99. The van der Waals surface area contributed by atoms with Gasteiger partial charge < -0.3 is 14.8 Å². The standard InChI is InChI=1S/C14H19N5O/c1-2-6-18-7-3-12-11(13(18)20)10-16-14(17-12)19-8-4-15-5-9-19/h3,7,10,15H,2,4-6,8-9H2,1H3. The Hall–Kier alpha value is -1.95. The highest BCUT2D eigenvalue weighted by Gasteiger charge is 2.14. The smallest absolute Gasteiger partial charge is 0.261 e. The van der Waals surface area contributed by atoms with Crippen molar-refractivity contribution in [3.8, 4) is 0 Å². The van der Waals surface area contributed by atoms with E-state index in [0.717, 1.165) is 44.7 Å². The van der Waals surface area contributed by atoms with Crippen LogP contribution < -0.4 is 15.8 Å². The molecule has 1 aliphatic rings. The van der Waals surface area contributed by atoms with Gasteiger partial charge in [0.15, 0.2) is 0 Å². The van der Waals surface area contributed by atoms with Crippen LogP contribution in [0.25, 0.3) is 10.9 Å². The van der Waals surface area contributed by atoms with Gasteiger partial charge in [-0.15, -0.1) is 0 Å². The Morgan fingerprint density at radius 3 is 2.90 bits per heavy atom. The number of fused-ring (bicyclic) bond motifs is 1. The second kappa shape index (κ2) is 5.58. The summed E-state index contributed by atoms with van der Waals surface area (Å²) in [5.74, 6) is 0.714. The van der Waals surface area contributed by atoms with Crippen LogP contribution in [0.2, 0.25) is 0 Å². The van der Waals surface area contributed by atoms with Gasteiger partial charge in [0.2, 0.25) is 5.95 Å². The van der Waals surface area contributed by atoms with Crippen molar-refractivity contribution in [2.45, 2.75) is 19.9 Å². The summed E-state index contributed by atoms with van der Waals surface area (Å²) >= 11 is 0. The van der Waals surface area contributed by atoms with Crippen LogP contribution in [-0.4, -0.2) is 40.7 Å². The average Bonchev–Trinajstić information content (AvgIpc) is 2.51. The van der Waals surface area contributed by atoms with E-state index in [1.54, 1.807) is 10.8 Å². The molecule has 0 aliphatic carbocycles. The Bertz CT molecular complexity index is 660. The summed E-state index contributed by atoms with van der Waals surface area (Å²) in [6.07, 6.45) is 4.42. The number of rotatable bonds is 3. The van der Waals surface area contributed by atoms with E-state index in [9.17, 15) is 4.79 Å². The van der Waals surface area contributed by atoms with Gasteiger partial charge in [-0.25, -0.2) is 9.97 Å². The van der Waals surface area contributed by atoms with Gasteiger partial charge in [-0.1, -0.05) is 6.92 Å². The molecule has 0 aromatic carbocycles. The largest absolute Gasteiger partial charge is 0.338 e. The van der Waals surface area contributed by atoms with Gasteiger partial charge in [-0.2, -0.15) is 0 Å². The first kappa shape index (κ1) is 13.1. The SMILES string of the molecule is CCCn1ccc2nc(N3CCNCC3)ncc2c1=O. The highest BCUT2D eigenvalue weighted by Crippen LogP contribution is 2.12. The van der Waals surface area contributed by atoms with Gasteiger partial charge in [0.1, 0.15) is 0 Å². The fourth-order valence-corrected chi connectivity index (χ4v) is 2.49. The van der Waals surface area contributed by atoms with Crippen molar-refractivity contribution in [2.75, 3.05) is 31.1 Å². The molecular formula is C14H19N5O. The van der Waals surface area contributed by atoms with Gasteiger partial charge in [0, 0.05) is 45.1 Å². The first-order valence-corrected chi connectivity index (χ1v) is 7.11. The highest BCUT2D eigenvalue weighted by molar-refractivity contribution is 5.77. The van der Waals surface area contributed by atoms with Crippen molar-refractivity contribution in [2.24, 2.45) is 0 Å². The number of nitrogens with one attached hydrogen (secondary N) is 1. The van der Waals surface area contributed by atoms with Crippen molar-refractivity contribution in [3.05, 3.63) is 28.8 Å². The summed E-state index contributed by atoms with van der Waals surface area (Å²) in [6, 6.07) is 1.90. The molecule has 0 bridgehead atoms. The van der Waals surface area contributed by atoms with E-state index in [0.29, 0.717) is 11.3 Å². The third kappa shape index (κ3) is 2.38. The van der Waals surface area contributed by atoms with Crippen LogP contribution in [0.4, 0.5) is 5.95 Å². The number of nitrogens with zero attached hydrogens (tertiary/aromatic N) is 4. The molecule has 3 heterocycles. The lowest BCUT2D eigenvalue weighted by Gasteiger charge is -2.27. The van der Waals surface area contributed by atoms with E-state index >= 15 is 0 Å². The van der Waals surface area contributed by atoms with Gasteiger partial charge in [0.25, 0.3) is 5.56 Å². The third-order valence-corrected chi connectivity index (χ3v) is 3.57. The van der Waals surface area contributed by atoms with Crippen LogP contribution in [0.3, 0.4) is 0 Å². The zero-order valence-electron chi connectivity index (χ0n) is 11.7. The van der Waals surface area contributed by atoms with Crippen LogP contribution in [0.5, 0.6) is 0 Å². The predicted octanol–water partition coefficient (Wildman–Crippen LogP) is 0.611. The average molecular weight is 273 g/mol. The van der Waals surface area contributed by atoms with Gasteiger partial charge in [-0.05, 0) is 12.5 Å².